The quantitative estimate of drug-likeness (QED) is 0.254. The summed E-state index contributed by atoms with van der Waals surface area (Å²) in [5.41, 5.74) is 0. The van der Waals surface area contributed by atoms with Gasteiger partial charge in [-0.2, -0.15) is 0 Å². The molecule has 0 atom stereocenters. The van der Waals surface area contributed by atoms with Gasteiger partial charge in [0.2, 0.25) is 0 Å². The van der Waals surface area contributed by atoms with Crippen LogP contribution in [0.3, 0.4) is 0 Å². The number of carboxylic acid groups (broad SMARTS) is 1. The standard InChI is InChI=1S/C3H4O2.K/c1-2-3(4)5;/h2H,1H2,(H,4,5);/q;+1/p-1. The summed E-state index contributed by atoms with van der Waals surface area (Å²) in [6.45, 7) is 2.90. The zero-order valence-corrected chi connectivity index (χ0v) is 6.72. The van der Waals surface area contributed by atoms with Crippen molar-refractivity contribution in [2.75, 3.05) is 0 Å². The molecule has 0 heterocycles. The summed E-state index contributed by atoms with van der Waals surface area (Å²) in [7, 11) is 0. The van der Waals surface area contributed by atoms with Gasteiger partial charge in [-0.05, 0) is 6.08 Å². The molecule has 0 aliphatic rings. The molecule has 0 spiro atoms. The van der Waals surface area contributed by atoms with E-state index in [0.29, 0.717) is 0 Å². The molecule has 0 radical (unpaired) electrons. The van der Waals surface area contributed by atoms with Crippen molar-refractivity contribution in [2.45, 2.75) is 0 Å². The second-order valence-electron chi connectivity index (χ2n) is 0.523. The topological polar surface area (TPSA) is 40.1 Å². The van der Waals surface area contributed by atoms with Crippen LogP contribution in [0, 0.1) is 0 Å². The molecular weight excluding hydrogens is 107 g/mol. The molecule has 0 amide bonds. The van der Waals surface area contributed by atoms with Crippen LogP contribution in [0.25, 0.3) is 0 Å². The van der Waals surface area contributed by atoms with E-state index >= 15 is 0 Å². The third-order valence-electron chi connectivity index (χ3n) is 0.167. The second-order valence-corrected chi connectivity index (χ2v) is 0.523. The van der Waals surface area contributed by atoms with Gasteiger partial charge in [0.1, 0.15) is 0 Å². The normalized spacial score (nSPS) is 5.33. The molecule has 6 heavy (non-hydrogen) atoms. The summed E-state index contributed by atoms with van der Waals surface area (Å²) < 4.78 is 0. The van der Waals surface area contributed by atoms with Crippen molar-refractivity contribution in [3.05, 3.63) is 12.7 Å². The fourth-order valence-corrected chi connectivity index (χ4v) is 0. The molecule has 0 rings (SSSR count). The Morgan fingerprint density at radius 2 is 2.00 bits per heavy atom. The van der Waals surface area contributed by atoms with E-state index in [4.69, 9.17) is 9.90 Å². The molecule has 3 heteroatoms. The van der Waals surface area contributed by atoms with E-state index < -0.39 is 5.97 Å². The molecular formula is C3H3KO2. The van der Waals surface area contributed by atoms with Crippen LogP contribution >= 0.6 is 0 Å². The van der Waals surface area contributed by atoms with Gasteiger partial charge in [-0.1, -0.05) is 6.58 Å². The Morgan fingerprint density at radius 1 is 1.83 bits per heavy atom. The predicted molar refractivity (Wildman–Crippen MR) is 15.2 cm³/mol. The van der Waals surface area contributed by atoms with Crippen LogP contribution in [-0.2, 0) is 4.79 Å². The van der Waals surface area contributed by atoms with Gasteiger partial charge in [0, 0.05) is 0 Å². The van der Waals surface area contributed by atoms with E-state index in [1.165, 1.54) is 0 Å². The molecule has 2 nitrogen and oxygen atoms in total. The van der Waals surface area contributed by atoms with Crippen molar-refractivity contribution in [1.29, 1.82) is 0 Å². The zero-order chi connectivity index (χ0) is 4.28. The van der Waals surface area contributed by atoms with Gasteiger partial charge in [-0.3, -0.25) is 0 Å². The SMILES string of the molecule is C=CC(=O)[O-].[K+]. The molecule has 0 saturated carbocycles. The molecule has 0 aliphatic heterocycles. The molecule has 0 aromatic carbocycles. The second kappa shape index (κ2) is 5.85. The van der Waals surface area contributed by atoms with Gasteiger partial charge in [0.05, 0.1) is 5.97 Å². The van der Waals surface area contributed by atoms with Gasteiger partial charge in [-0.25, -0.2) is 0 Å². The maximum atomic E-state index is 9.14. The molecule has 0 aromatic heterocycles. The first-order valence-corrected chi connectivity index (χ1v) is 1.11. The van der Waals surface area contributed by atoms with Gasteiger partial charge in [-0.15, -0.1) is 0 Å². The summed E-state index contributed by atoms with van der Waals surface area (Å²) in [6, 6.07) is 0. The first kappa shape index (κ1) is 9.96. The predicted octanol–water partition coefficient (Wildman–Crippen LogP) is -4.07. The van der Waals surface area contributed by atoms with Crippen LogP contribution in [0.15, 0.2) is 12.7 Å². The van der Waals surface area contributed by atoms with E-state index in [9.17, 15) is 0 Å². The number of hydrogen-bond acceptors (Lipinski definition) is 2. The summed E-state index contributed by atoms with van der Waals surface area (Å²) in [5.74, 6) is -1.23. The summed E-state index contributed by atoms with van der Waals surface area (Å²) in [4.78, 5) is 9.14. The molecule has 0 bridgehead atoms. The van der Waals surface area contributed by atoms with Crippen LogP contribution in [0.2, 0.25) is 0 Å². The van der Waals surface area contributed by atoms with Crippen LogP contribution in [0.5, 0.6) is 0 Å². The van der Waals surface area contributed by atoms with Crippen molar-refractivity contribution < 1.29 is 61.3 Å². The summed E-state index contributed by atoms with van der Waals surface area (Å²) in [5, 5.41) is 9.14. The monoisotopic (exact) mass is 110 g/mol. The third-order valence-corrected chi connectivity index (χ3v) is 0.167. The Morgan fingerprint density at radius 3 is 2.00 bits per heavy atom. The first-order valence-electron chi connectivity index (χ1n) is 1.11. The third kappa shape index (κ3) is 8.85. The fourth-order valence-electron chi connectivity index (χ4n) is 0. The minimum absolute atomic E-state index is 0. The summed E-state index contributed by atoms with van der Waals surface area (Å²) >= 11 is 0. The maximum absolute atomic E-state index is 9.14. The molecule has 0 aliphatic carbocycles. The maximum Gasteiger partial charge on any atom is 1.00 e. The summed E-state index contributed by atoms with van der Waals surface area (Å²) in [6.07, 6.45) is 0.722. The van der Waals surface area contributed by atoms with Crippen molar-refractivity contribution in [3.8, 4) is 0 Å². The first-order chi connectivity index (χ1) is 2.27. The zero-order valence-electron chi connectivity index (χ0n) is 3.60. The average Bonchev–Trinajstić information content (AvgIpc) is 1.38. The van der Waals surface area contributed by atoms with Crippen LogP contribution in [0.4, 0.5) is 0 Å². The fraction of sp³-hybridized carbons (Fsp3) is 0. The average molecular weight is 110 g/mol. The number of carbonyl (C=O) groups is 1. The Bertz CT molecular complexity index is 59.8. The smallest absolute Gasteiger partial charge is 0.545 e. The van der Waals surface area contributed by atoms with Crippen molar-refractivity contribution in [1.82, 2.24) is 0 Å². The molecule has 0 fully saturated rings. The van der Waals surface area contributed by atoms with Crippen molar-refractivity contribution in [2.24, 2.45) is 0 Å². The van der Waals surface area contributed by atoms with Gasteiger partial charge >= 0.3 is 51.4 Å². The minimum Gasteiger partial charge on any atom is -0.545 e. The van der Waals surface area contributed by atoms with E-state index in [1.54, 1.807) is 0 Å². The Hall–Kier alpha value is 0.846. The number of rotatable bonds is 1. The van der Waals surface area contributed by atoms with Crippen LogP contribution < -0.4 is 56.5 Å². The van der Waals surface area contributed by atoms with Crippen LogP contribution in [-0.4, -0.2) is 5.97 Å². The number of hydrogen-bond donors (Lipinski definition) is 0. The minimum atomic E-state index is -1.23. The molecule has 0 unspecified atom stereocenters. The van der Waals surface area contributed by atoms with Crippen molar-refractivity contribution >= 4 is 5.97 Å². The molecule has 0 saturated heterocycles. The van der Waals surface area contributed by atoms with E-state index in [0.717, 1.165) is 6.08 Å². The Balaban J connectivity index is 0. The molecule has 0 N–H and O–H groups in total. The number of carboxylic acids is 1. The van der Waals surface area contributed by atoms with Crippen LogP contribution in [0.1, 0.15) is 0 Å². The van der Waals surface area contributed by atoms with E-state index in [-0.39, 0.29) is 51.4 Å². The number of aliphatic carboxylic acids is 1. The van der Waals surface area contributed by atoms with Crippen molar-refractivity contribution in [3.63, 3.8) is 0 Å². The van der Waals surface area contributed by atoms with E-state index in [1.807, 2.05) is 0 Å². The Labute approximate surface area is 78.7 Å². The largest absolute Gasteiger partial charge is 1.00 e. The number of carbonyl (C=O) groups excluding carboxylic acids is 1. The molecule has 0 aromatic rings. The Kier molecular flexibility index (Phi) is 9.71. The van der Waals surface area contributed by atoms with E-state index in [2.05, 4.69) is 6.58 Å². The molecule has 28 valence electrons. The van der Waals surface area contributed by atoms with Gasteiger partial charge in [0.25, 0.3) is 0 Å². The van der Waals surface area contributed by atoms with Gasteiger partial charge < -0.3 is 9.90 Å². The van der Waals surface area contributed by atoms with Gasteiger partial charge in [0.15, 0.2) is 0 Å².